The molecule has 0 aliphatic rings. The maximum absolute atomic E-state index is 12.0. The average Bonchev–Trinajstić information content (AvgIpc) is 2.34. The Balaban J connectivity index is 2.57. The van der Waals surface area contributed by atoms with Crippen LogP contribution >= 0.6 is 0 Å². The lowest BCUT2D eigenvalue weighted by atomic mass is 10.2. The third kappa shape index (κ3) is 4.76. The van der Waals surface area contributed by atoms with Crippen LogP contribution in [0.3, 0.4) is 0 Å². The Morgan fingerprint density at radius 2 is 1.78 bits per heavy atom. The van der Waals surface area contributed by atoms with Crippen molar-refractivity contribution in [1.29, 1.82) is 0 Å². The van der Waals surface area contributed by atoms with Gasteiger partial charge < -0.3 is 4.90 Å². The Labute approximate surface area is 110 Å². The summed E-state index contributed by atoms with van der Waals surface area (Å²) in [4.78, 5) is 1.67. The van der Waals surface area contributed by atoms with Crippen molar-refractivity contribution in [2.75, 3.05) is 27.2 Å². The van der Waals surface area contributed by atoms with Gasteiger partial charge in [0.05, 0.1) is 25.5 Å². The van der Waals surface area contributed by atoms with Gasteiger partial charge in [-0.1, -0.05) is 19.1 Å². The molecule has 0 saturated heterocycles. The Bertz CT molecular complexity index is 452. The average molecular weight is 271 g/mol. The molecule has 0 aliphatic carbocycles. The van der Waals surface area contributed by atoms with Crippen LogP contribution in [0.4, 0.5) is 0 Å². The number of hydrogen-bond acceptors (Lipinski definition) is 2. The molecule has 0 amide bonds. The van der Waals surface area contributed by atoms with E-state index in [4.69, 9.17) is 0 Å². The van der Waals surface area contributed by atoms with E-state index in [0.717, 1.165) is 24.9 Å². The van der Waals surface area contributed by atoms with Gasteiger partial charge in [0.1, 0.15) is 0 Å². The first-order valence-electron chi connectivity index (χ1n) is 6.33. The van der Waals surface area contributed by atoms with Gasteiger partial charge in [0.15, 0.2) is 0 Å². The van der Waals surface area contributed by atoms with Crippen LogP contribution in [0, 0.1) is 0 Å². The molecule has 0 aliphatic heterocycles. The van der Waals surface area contributed by atoms with E-state index in [1.165, 1.54) is 4.90 Å². The number of benzene rings is 1. The van der Waals surface area contributed by atoms with E-state index in [1.807, 2.05) is 19.1 Å². The molecule has 102 valence electrons. The number of hydrogen-bond donors (Lipinski definition) is 2. The number of aryl methyl sites for hydroxylation is 1. The van der Waals surface area contributed by atoms with Crippen molar-refractivity contribution in [1.82, 2.24) is 4.72 Å². The van der Waals surface area contributed by atoms with Gasteiger partial charge in [-0.3, -0.25) is 0 Å². The highest BCUT2D eigenvalue weighted by atomic mass is 32.2. The zero-order valence-corrected chi connectivity index (χ0v) is 12.2. The summed E-state index contributed by atoms with van der Waals surface area (Å²) in [6.45, 7) is 3.49. The molecule has 0 bridgehead atoms. The molecule has 5 heteroatoms. The van der Waals surface area contributed by atoms with Crippen molar-refractivity contribution >= 4 is 10.0 Å². The first-order valence-corrected chi connectivity index (χ1v) is 7.81. The van der Waals surface area contributed by atoms with Crippen molar-refractivity contribution in [3.8, 4) is 0 Å². The second-order valence-corrected chi connectivity index (χ2v) is 6.47. The molecule has 0 radical (unpaired) electrons. The van der Waals surface area contributed by atoms with Crippen LogP contribution in [0.25, 0.3) is 0 Å². The zero-order chi connectivity index (χ0) is 13.6. The second kappa shape index (κ2) is 6.87. The molecule has 2 N–H and O–H groups in total. The van der Waals surface area contributed by atoms with Gasteiger partial charge in [-0.15, -0.1) is 0 Å². The van der Waals surface area contributed by atoms with E-state index >= 15 is 0 Å². The largest absolute Gasteiger partial charge is 0.340 e. The van der Waals surface area contributed by atoms with Crippen molar-refractivity contribution in [3.63, 3.8) is 0 Å². The Kier molecular flexibility index (Phi) is 5.78. The van der Waals surface area contributed by atoms with Gasteiger partial charge in [-0.2, -0.15) is 0 Å². The summed E-state index contributed by atoms with van der Waals surface area (Å²) in [5.41, 5.74) is 1.14. The maximum Gasteiger partial charge on any atom is 0.240 e. The molecule has 1 aromatic rings. The molecule has 0 unspecified atom stereocenters. The predicted molar refractivity (Wildman–Crippen MR) is 73.3 cm³/mol. The summed E-state index contributed by atoms with van der Waals surface area (Å²) in [5, 5.41) is 0. The van der Waals surface area contributed by atoms with Gasteiger partial charge in [0.25, 0.3) is 0 Å². The first kappa shape index (κ1) is 15.1. The fraction of sp³-hybridized carbons (Fsp3) is 0.538. The molecule has 0 spiro atoms. The lowest BCUT2D eigenvalue weighted by Crippen LogP contribution is -3.05. The highest BCUT2D eigenvalue weighted by Crippen LogP contribution is 2.10. The van der Waals surface area contributed by atoms with Crippen LogP contribution in [0.2, 0.25) is 0 Å². The van der Waals surface area contributed by atoms with Gasteiger partial charge >= 0.3 is 0 Å². The lowest BCUT2D eigenvalue weighted by molar-refractivity contribution is -0.858. The summed E-state index contributed by atoms with van der Waals surface area (Å²) in [7, 11) is 0.765. The highest BCUT2D eigenvalue weighted by Gasteiger charge is 2.12. The molecule has 4 nitrogen and oxygen atoms in total. The number of nitrogens with one attached hydrogen (secondary N) is 2. The molecule has 0 atom stereocenters. The summed E-state index contributed by atoms with van der Waals surface area (Å²) in [6, 6.07) is 7.05. The minimum atomic E-state index is -3.34. The summed E-state index contributed by atoms with van der Waals surface area (Å²) < 4.78 is 26.5. The first-order chi connectivity index (χ1) is 8.45. The molecule has 1 rings (SSSR count). The summed E-state index contributed by atoms with van der Waals surface area (Å²) in [5.74, 6) is 0. The molecule has 0 fully saturated rings. The van der Waals surface area contributed by atoms with Crippen molar-refractivity contribution in [2.45, 2.75) is 24.7 Å². The maximum atomic E-state index is 12.0. The van der Waals surface area contributed by atoms with E-state index in [-0.39, 0.29) is 0 Å². The molecule has 0 saturated carbocycles. The topological polar surface area (TPSA) is 50.6 Å². The van der Waals surface area contributed by atoms with E-state index in [0.29, 0.717) is 11.4 Å². The fourth-order valence-corrected chi connectivity index (χ4v) is 2.71. The summed E-state index contributed by atoms with van der Waals surface area (Å²) in [6.07, 6.45) is 1.76. The van der Waals surface area contributed by atoms with Gasteiger partial charge in [0, 0.05) is 13.0 Å². The Hall–Kier alpha value is -0.910. The molecular weight excluding hydrogens is 248 g/mol. The van der Waals surface area contributed by atoms with E-state index < -0.39 is 10.0 Å². The normalized spacial score (nSPS) is 12.0. The van der Waals surface area contributed by atoms with Crippen LogP contribution in [-0.4, -0.2) is 35.6 Å². The van der Waals surface area contributed by atoms with Crippen LogP contribution in [0.15, 0.2) is 29.2 Å². The van der Waals surface area contributed by atoms with Gasteiger partial charge in [-0.05, 0) is 24.1 Å². The van der Waals surface area contributed by atoms with Gasteiger partial charge in [-0.25, -0.2) is 13.1 Å². The number of quaternary nitrogens is 1. The molecule has 18 heavy (non-hydrogen) atoms. The third-order valence-corrected chi connectivity index (χ3v) is 4.26. The van der Waals surface area contributed by atoms with E-state index in [9.17, 15) is 8.42 Å². The number of sulfonamides is 1. The minimum absolute atomic E-state index is 0.344. The highest BCUT2D eigenvalue weighted by molar-refractivity contribution is 7.89. The van der Waals surface area contributed by atoms with Crippen LogP contribution in [-0.2, 0) is 16.4 Å². The molecule has 1 aromatic carbocycles. The lowest BCUT2D eigenvalue weighted by Gasteiger charge is -2.09. The van der Waals surface area contributed by atoms with Crippen LogP contribution < -0.4 is 9.62 Å². The molecular formula is C13H23N2O2S+. The minimum Gasteiger partial charge on any atom is -0.340 e. The van der Waals surface area contributed by atoms with Crippen LogP contribution in [0.1, 0.15) is 18.9 Å². The smallest absolute Gasteiger partial charge is 0.240 e. The van der Waals surface area contributed by atoms with Crippen LogP contribution in [0.5, 0.6) is 0 Å². The monoisotopic (exact) mass is 271 g/mol. The van der Waals surface area contributed by atoms with Gasteiger partial charge in [0.2, 0.25) is 10.0 Å². The Morgan fingerprint density at radius 1 is 1.17 bits per heavy atom. The zero-order valence-electron chi connectivity index (χ0n) is 11.4. The second-order valence-electron chi connectivity index (χ2n) is 4.71. The SMILES string of the molecule is CCc1ccc(S(=O)(=O)NCCC[NH+](C)C)cc1. The van der Waals surface area contributed by atoms with Crippen molar-refractivity contribution in [2.24, 2.45) is 0 Å². The summed E-state index contributed by atoms with van der Waals surface area (Å²) >= 11 is 0. The van der Waals surface area contributed by atoms with E-state index in [2.05, 4.69) is 18.8 Å². The predicted octanol–water partition coefficient (Wildman–Crippen LogP) is 0.0619. The molecule has 0 aromatic heterocycles. The van der Waals surface area contributed by atoms with E-state index in [1.54, 1.807) is 12.1 Å². The Morgan fingerprint density at radius 3 is 2.28 bits per heavy atom. The quantitative estimate of drug-likeness (QED) is 0.689. The standard InChI is InChI=1S/C13H22N2O2S/c1-4-12-6-8-13(9-7-12)18(16,17)14-10-5-11-15(2)3/h6-9,14H,4-5,10-11H2,1-3H3/p+1. The third-order valence-electron chi connectivity index (χ3n) is 2.79. The molecule has 0 heterocycles. The number of rotatable bonds is 7. The van der Waals surface area contributed by atoms with Crippen molar-refractivity contribution in [3.05, 3.63) is 29.8 Å². The fourth-order valence-electron chi connectivity index (χ4n) is 1.64. The van der Waals surface area contributed by atoms with Crippen molar-refractivity contribution < 1.29 is 13.3 Å².